The SMILES string of the molecule is O=C(NC1CCN(c2nccc(-c3cccnc3)n2)C1)c1cncnc1. The number of hydrogen-bond donors (Lipinski definition) is 1. The molecule has 3 aromatic heterocycles. The van der Waals surface area contributed by atoms with Gasteiger partial charge in [-0.15, -0.1) is 0 Å². The van der Waals surface area contributed by atoms with E-state index in [0.717, 1.165) is 24.2 Å². The van der Waals surface area contributed by atoms with E-state index in [1.165, 1.54) is 18.7 Å². The van der Waals surface area contributed by atoms with Crippen LogP contribution in [0.5, 0.6) is 0 Å². The van der Waals surface area contributed by atoms with E-state index in [1.54, 1.807) is 18.6 Å². The van der Waals surface area contributed by atoms with Crippen LogP contribution in [0.25, 0.3) is 11.3 Å². The predicted octanol–water partition coefficient (Wildman–Crippen LogP) is 1.34. The van der Waals surface area contributed by atoms with Gasteiger partial charge in [-0.3, -0.25) is 9.78 Å². The highest BCUT2D eigenvalue weighted by molar-refractivity contribution is 5.93. The molecule has 0 aromatic carbocycles. The summed E-state index contributed by atoms with van der Waals surface area (Å²) < 4.78 is 0. The Morgan fingerprint density at radius 1 is 1.12 bits per heavy atom. The molecule has 0 bridgehead atoms. The van der Waals surface area contributed by atoms with Crippen molar-refractivity contribution in [2.45, 2.75) is 12.5 Å². The molecule has 130 valence electrons. The summed E-state index contributed by atoms with van der Waals surface area (Å²) in [6.07, 6.45) is 10.5. The largest absolute Gasteiger partial charge is 0.347 e. The average molecular weight is 347 g/mol. The molecular formula is C18H17N7O. The molecule has 8 nitrogen and oxygen atoms in total. The highest BCUT2D eigenvalue weighted by Gasteiger charge is 2.26. The monoisotopic (exact) mass is 347 g/mol. The molecular weight excluding hydrogens is 330 g/mol. The number of rotatable bonds is 4. The standard InChI is InChI=1S/C18H17N7O/c26-17(14-9-20-12-21-10-14)23-15-4-7-25(11-15)18-22-6-3-16(24-18)13-2-1-5-19-8-13/h1-3,5-6,8-10,12,15H,4,7,11H2,(H,23,26). The molecule has 1 unspecified atom stereocenters. The molecule has 1 fully saturated rings. The van der Waals surface area contributed by atoms with Crippen molar-refractivity contribution in [1.29, 1.82) is 0 Å². The molecule has 1 saturated heterocycles. The zero-order valence-electron chi connectivity index (χ0n) is 14.0. The minimum absolute atomic E-state index is 0.0355. The normalized spacial score (nSPS) is 16.5. The van der Waals surface area contributed by atoms with Crippen molar-refractivity contribution in [2.75, 3.05) is 18.0 Å². The van der Waals surface area contributed by atoms with Gasteiger partial charge in [0.1, 0.15) is 6.33 Å². The second-order valence-corrected chi connectivity index (χ2v) is 6.02. The molecule has 1 N–H and O–H groups in total. The number of carbonyl (C=O) groups is 1. The lowest BCUT2D eigenvalue weighted by molar-refractivity contribution is 0.0939. The van der Waals surface area contributed by atoms with Gasteiger partial charge in [-0.25, -0.2) is 19.9 Å². The van der Waals surface area contributed by atoms with Crippen molar-refractivity contribution < 1.29 is 4.79 Å². The Hall–Kier alpha value is -3.42. The van der Waals surface area contributed by atoms with Crippen LogP contribution >= 0.6 is 0 Å². The van der Waals surface area contributed by atoms with Gasteiger partial charge in [-0.2, -0.15) is 0 Å². The van der Waals surface area contributed by atoms with Gasteiger partial charge < -0.3 is 10.2 Å². The maximum Gasteiger partial charge on any atom is 0.254 e. The minimum Gasteiger partial charge on any atom is -0.347 e. The van der Waals surface area contributed by atoms with E-state index in [1.807, 2.05) is 18.2 Å². The van der Waals surface area contributed by atoms with Crippen molar-refractivity contribution >= 4 is 11.9 Å². The number of hydrogen-bond acceptors (Lipinski definition) is 7. The van der Waals surface area contributed by atoms with Crippen molar-refractivity contribution in [3.63, 3.8) is 0 Å². The van der Waals surface area contributed by atoms with Crippen LogP contribution < -0.4 is 10.2 Å². The fourth-order valence-electron chi connectivity index (χ4n) is 2.92. The summed E-state index contributed by atoms with van der Waals surface area (Å²) in [5, 5.41) is 3.02. The van der Waals surface area contributed by atoms with E-state index in [9.17, 15) is 4.79 Å². The zero-order chi connectivity index (χ0) is 17.8. The molecule has 4 rings (SSSR count). The average Bonchev–Trinajstić information content (AvgIpc) is 3.18. The van der Waals surface area contributed by atoms with Gasteiger partial charge in [-0.1, -0.05) is 0 Å². The third-order valence-corrected chi connectivity index (χ3v) is 4.23. The van der Waals surface area contributed by atoms with Crippen LogP contribution in [0.15, 0.2) is 55.5 Å². The highest BCUT2D eigenvalue weighted by Crippen LogP contribution is 2.21. The topological polar surface area (TPSA) is 96.8 Å². The van der Waals surface area contributed by atoms with Gasteiger partial charge >= 0.3 is 0 Å². The van der Waals surface area contributed by atoms with Crippen molar-refractivity contribution in [2.24, 2.45) is 0 Å². The summed E-state index contributed by atoms with van der Waals surface area (Å²) in [6, 6.07) is 5.75. The molecule has 0 saturated carbocycles. The number of anilines is 1. The van der Waals surface area contributed by atoms with Gasteiger partial charge in [0.05, 0.1) is 11.3 Å². The summed E-state index contributed by atoms with van der Waals surface area (Å²) in [7, 11) is 0. The van der Waals surface area contributed by atoms with E-state index in [0.29, 0.717) is 18.1 Å². The molecule has 0 radical (unpaired) electrons. The Balaban J connectivity index is 1.43. The van der Waals surface area contributed by atoms with Gasteiger partial charge in [0, 0.05) is 55.7 Å². The number of nitrogens with zero attached hydrogens (tertiary/aromatic N) is 6. The first kappa shape index (κ1) is 16.1. The second-order valence-electron chi connectivity index (χ2n) is 6.02. The van der Waals surface area contributed by atoms with Crippen LogP contribution in [-0.2, 0) is 0 Å². The maximum absolute atomic E-state index is 12.2. The summed E-state index contributed by atoms with van der Waals surface area (Å²) in [6.45, 7) is 1.45. The summed E-state index contributed by atoms with van der Waals surface area (Å²) in [5.74, 6) is 0.494. The Bertz CT molecular complexity index is 888. The van der Waals surface area contributed by atoms with E-state index >= 15 is 0 Å². The number of carbonyl (C=O) groups excluding carboxylic acids is 1. The molecule has 1 aliphatic rings. The molecule has 3 aromatic rings. The Morgan fingerprint density at radius 3 is 2.81 bits per heavy atom. The minimum atomic E-state index is -0.164. The summed E-state index contributed by atoms with van der Waals surface area (Å²) in [4.78, 5) is 35.2. The van der Waals surface area contributed by atoms with E-state index in [2.05, 4.69) is 35.1 Å². The number of amides is 1. The van der Waals surface area contributed by atoms with Crippen LogP contribution in [0, 0.1) is 0 Å². The third-order valence-electron chi connectivity index (χ3n) is 4.23. The maximum atomic E-state index is 12.2. The first-order chi connectivity index (χ1) is 12.8. The Morgan fingerprint density at radius 2 is 2.00 bits per heavy atom. The molecule has 26 heavy (non-hydrogen) atoms. The van der Waals surface area contributed by atoms with Crippen LogP contribution in [0.1, 0.15) is 16.8 Å². The van der Waals surface area contributed by atoms with E-state index < -0.39 is 0 Å². The quantitative estimate of drug-likeness (QED) is 0.760. The van der Waals surface area contributed by atoms with Crippen LogP contribution in [0.2, 0.25) is 0 Å². The fraction of sp³-hybridized carbons (Fsp3) is 0.222. The molecule has 1 aliphatic heterocycles. The van der Waals surface area contributed by atoms with E-state index in [4.69, 9.17) is 0 Å². The fourth-order valence-corrected chi connectivity index (χ4v) is 2.92. The van der Waals surface area contributed by atoms with E-state index in [-0.39, 0.29) is 11.9 Å². The van der Waals surface area contributed by atoms with Gasteiger partial charge in [-0.05, 0) is 24.6 Å². The number of pyridine rings is 1. The molecule has 0 aliphatic carbocycles. The third kappa shape index (κ3) is 3.49. The molecule has 8 heteroatoms. The van der Waals surface area contributed by atoms with Crippen molar-refractivity contribution in [3.8, 4) is 11.3 Å². The van der Waals surface area contributed by atoms with Gasteiger partial charge in [0.15, 0.2) is 0 Å². The number of nitrogens with one attached hydrogen (secondary N) is 1. The lowest BCUT2D eigenvalue weighted by Crippen LogP contribution is -2.37. The molecule has 1 atom stereocenters. The van der Waals surface area contributed by atoms with Gasteiger partial charge in [0.25, 0.3) is 5.91 Å². The van der Waals surface area contributed by atoms with Crippen molar-refractivity contribution in [3.05, 3.63) is 61.1 Å². The Kier molecular flexibility index (Phi) is 4.46. The van der Waals surface area contributed by atoms with Crippen LogP contribution in [-0.4, -0.2) is 50.0 Å². The van der Waals surface area contributed by atoms with Crippen LogP contribution in [0.4, 0.5) is 5.95 Å². The lowest BCUT2D eigenvalue weighted by Gasteiger charge is -2.17. The number of aromatic nitrogens is 5. The second kappa shape index (κ2) is 7.22. The van der Waals surface area contributed by atoms with Crippen LogP contribution in [0.3, 0.4) is 0 Å². The first-order valence-electron chi connectivity index (χ1n) is 8.34. The molecule has 1 amide bonds. The molecule has 0 spiro atoms. The van der Waals surface area contributed by atoms with Gasteiger partial charge in [0.2, 0.25) is 5.95 Å². The smallest absolute Gasteiger partial charge is 0.254 e. The first-order valence-corrected chi connectivity index (χ1v) is 8.34. The Labute approximate surface area is 150 Å². The van der Waals surface area contributed by atoms with Crippen molar-refractivity contribution in [1.82, 2.24) is 30.2 Å². The summed E-state index contributed by atoms with van der Waals surface area (Å²) >= 11 is 0. The summed E-state index contributed by atoms with van der Waals surface area (Å²) in [5.41, 5.74) is 2.24. The zero-order valence-corrected chi connectivity index (χ0v) is 14.0. The predicted molar refractivity (Wildman–Crippen MR) is 95.4 cm³/mol. The molecule has 4 heterocycles. The lowest BCUT2D eigenvalue weighted by atomic mass is 10.2. The highest BCUT2D eigenvalue weighted by atomic mass is 16.1.